The second-order valence-corrected chi connectivity index (χ2v) is 4.04. The second-order valence-electron chi connectivity index (χ2n) is 4.04. The first-order valence-corrected chi connectivity index (χ1v) is 4.96. The Morgan fingerprint density at radius 2 is 2.07 bits per heavy atom. The third-order valence-electron chi connectivity index (χ3n) is 2.96. The summed E-state index contributed by atoms with van der Waals surface area (Å²) < 4.78 is 0. The molecule has 0 bridgehead atoms. The van der Waals surface area contributed by atoms with Crippen molar-refractivity contribution < 1.29 is 9.90 Å². The summed E-state index contributed by atoms with van der Waals surface area (Å²) >= 11 is 0. The highest BCUT2D eigenvalue weighted by Gasteiger charge is 2.31. The van der Waals surface area contributed by atoms with Gasteiger partial charge in [-0.15, -0.1) is 0 Å². The van der Waals surface area contributed by atoms with E-state index in [0.29, 0.717) is 12.8 Å². The van der Waals surface area contributed by atoms with E-state index in [0.717, 1.165) is 12.7 Å². The van der Waals surface area contributed by atoms with Gasteiger partial charge in [-0.2, -0.15) is 0 Å². The van der Waals surface area contributed by atoms with E-state index in [4.69, 9.17) is 0 Å². The van der Waals surface area contributed by atoms with Crippen LogP contribution in [0.4, 0.5) is 0 Å². The number of aryl methyl sites for hydroxylation is 1. The fraction of sp³-hybridized carbons (Fsp3) is 0.417. The maximum absolute atomic E-state index is 10.4. The Kier molecular flexibility index (Phi) is 2.38. The smallest absolute Gasteiger partial charge is 0.122 e. The minimum atomic E-state index is -0.796. The van der Waals surface area contributed by atoms with E-state index in [9.17, 15) is 9.90 Å². The lowest BCUT2D eigenvalue weighted by molar-refractivity contribution is -0.112. The topological polar surface area (TPSA) is 37.3 Å². The van der Waals surface area contributed by atoms with Gasteiger partial charge in [-0.1, -0.05) is 24.3 Å². The molecule has 0 aliphatic heterocycles. The van der Waals surface area contributed by atoms with Crippen molar-refractivity contribution in [3.8, 4) is 0 Å². The first-order chi connectivity index (χ1) is 6.73. The zero-order valence-corrected chi connectivity index (χ0v) is 8.07. The van der Waals surface area contributed by atoms with Gasteiger partial charge in [0, 0.05) is 12.8 Å². The van der Waals surface area contributed by atoms with Gasteiger partial charge >= 0.3 is 0 Å². The number of hydrogen-bond donors (Lipinski definition) is 1. The average Bonchev–Trinajstić information content (AvgIpc) is 2.17. The summed E-state index contributed by atoms with van der Waals surface area (Å²) in [5.41, 5.74) is 1.70. The first-order valence-electron chi connectivity index (χ1n) is 4.96. The van der Waals surface area contributed by atoms with Crippen molar-refractivity contribution in [3.05, 3.63) is 35.4 Å². The van der Waals surface area contributed by atoms with Crippen LogP contribution in [-0.4, -0.2) is 17.0 Å². The maximum Gasteiger partial charge on any atom is 0.122 e. The van der Waals surface area contributed by atoms with Crippen molar-refractivity contribution in [2.24, 2.45) is 0 Å². The molecule has 2 rings (SSSR count). The van der Waals surface area contributed by atoms with Crippen molar-refractivity contribution in [1.29, 1.82) is 0 Å². The fourth-order valence-corrected chi connectivity index (χ4v) is 2.11. The van der Waals surface area contributed by atoms with Crippen LogP contribution in [0, 0.1) is 0 Å². The lowest BCUT2D eigenvalue weighted by atomic mass is 9.79. The Hall–Kier alpha value is -1.15. The molecule has 0 saturated carbocycles. The largest absolute Gasteiger partial charge is 0.389 e. The molecule has 0 spiro atoms. The third kappa shape index (κ3) is 1.70. The molecule has 1 aliphatic rings. The van der Waals surface area contributed by atoms with Crippen LogP contribution < -0.4 is 0 Å². The standard InChI is InChI=1S/C12H14O2/c13-8-7-12(14)6-5-10-3-1-2-4-11(10)9-12/h1-4,8,14H,5-7,9H2. The highest BCUT2D eigenvalue weighted by molar-refractivity contribution is 5.52. The SMILES string of the molecule is O=CCC1(O)CCc2ccccc2C1. The molecule has 1 aromatic carbocycles. The Bertz CT molecular complexity index is 346. The van der Waals surface area contributed by atoms with E-state index in [2.05, 4.69) is 6.07 Å². The Balaban J connectivity index is 2.24. The molecule has 1 unspecified atom stereocenters. The molecule has 1 aliphatic carbocycles. The van der Waals surface area contributed by atoms with Crippen LogP contribution in [0.15, 0.2) is 24.3 Å². The second kappa shape index (κ2) is 3.54. The molecule has 0 aromatic heterocycles. The van der Waals surface area contributed by atoms with Gasteiger partial charge in [-0.25, -0.2) is 0 Å². The van der Waals surface area contributed by atoms with Crippen LogP contribution >= 0.6 is 0 Å². The molecule has 74 valence electrons. The van der Waals surface area contributed by atoms with Crippen LogP contribution in [0.3, 0.4) is 0 Å². The Labute approximate surface area is 83.6 Å². The average molecular weight is 190 g/mol. The van der Waals surface area contributed by atoms with Crippen molar-refractivity contribution >= 4 is 6.29 Å². The zero-order valence-electron chi connectivity index (χ0n) is 8.07. The maximum atomic E-state index is 10.4. The van der Waals surface area contributed by atoms with Crippen LogP contribution in [-0.2, 0) is 17.6 Å². The minimum absolute atomic E-state index is 0.251. The van der Waals surface area contributed by atoms with Gasteiger partial charge < -0.3 is 9.90 Å². The molecular formula is C12H14O2. The van der Waals surface area contributed by atoms with Gasteiger partial charge in [0.05, 0.1) is 5.60 Å². The Morgan fingerprint density at radius 1 is 1.36 bits per heavy atom. The lowest BCUT2D eigenvalue weighted by Crippen LogP contribution is -2.36. The van der Waals surface area contributed by atoms with Crippen LogP contribution in [0.2, 0.25) is 0 Å². The van der Waals surface area contributed by atoms with Crippen molar-refractivity contribution in [2.75, 3.05) is 0 Å². The number of carbonyl (C=O) groups excluding carboxylic acids is 1. The summed E-state index contributed by atoms with van der Waals surface area (Å²) in [4.78, 5) is 10.4. The molecule has 0 radical (unpaired) electrons. The molecule has 1 aromatic rings. The highest BCUT2D eigenvalue weighted by atomic mass is 16.3. The molecule has 0 saturated heterocycles. The molecule has 0 amide bonds. The normalized spacial score (nSPS) is 25.5. The van der Waals surface area contributed by atoms with E-state index in [1.165, 1.54) is 11.1 Å². The number of aliphatic hydroxyl groups is 1. The van der Waals surface area contributed by atoms with Crippen LogP contribution in [0.5, 0.6) is 0 Å². The summed E-state index contributed by atoms with van der Waals surface area (Å²) in [6, 6.07) is 8.12. The fourth-order valence-electron chi connectivity index (χ4n) is 2.11. The number of carbonyl (C=O) groups is 1. The minimum Gasteiger partial charge on any atom is -0.389 e. The lowest BCUT2D eigenvalue weighted by Gasteiger charge is -2.31. The van der Waals surface area contributed by atoms with Crippen LogP contribution in [0.1, 0.15) is 24.0 Å². The third-order valence-corrected chi connectivity index (χ3v) is 2.96. The summed E-state index contributed by atoms with van der Waals surface area (Å²) in [7, 11) is 0. The Morgan fingerprint density at radius 3 is 2.79 bits per heavy atom. The number of aldehydes is 1. The number of fused-ring (bicyclic) bond motifs is 1. The van der Waals surface area contributed by atoms with Gasteiger partial charge in [0.25, 0.3) is 0 Å². The molecule has 1 N–H and O–H groups in total. The van der Waals surface area contributed by atoms with Gasteiger partial charge in [0.1, 0.15) is 6.29 Å². The zero-order chi connectivity index (χ0) is 10.0. The molecule has 1 atom stereocenters. The summed E-state index contributed by atoms with van der Waals surface area (Å²) in [5, 5.41) is 10.1. The molecule has 0 fully saturated rings. The van der Waals surface area contributed by atoms with Crippen molar-refractivity contribution in [1.82, 2.24) is 0 Å². The molecular weight excluding hydrogens is 176 g/mol. The van der Waals surface area contributed by atoms with Crippen molar-refractivity contribution in [2.45, 2.75) is 31.3 Å². The number of rotatable bonds is 2. The number of benzene rings is 1. The quantitative estimate of drug-likeness (QED) is 0.717. The first kappa shape index (κ1) is 9.41. The van der Waals surface area contributed by atoms with Gasteiger partial charge in [-0.05, 0) is 24.0 Å². The van der Waals surface area contributed by atoms with Crippen molar-refractivity contribution in [3.63, 3.8) is 0 Å². The summed E-state index contributed by atoms with van der Waals surface area (Å²) in [5.74, 6) is 0. The highest BCUT2D eigenvalue weighted by Crippen LogP contribution is 2.30. The van der Waals surface area contributed by atoms with E-state index in [1.807, 2.05) is 18.2 Å². The van der Waals surface area contributed by atoms with E-state index in [-0.39, 0.29) is 6.42 Å². The summed E-state index contributed by atoms with van der Waals surface area (Å²) in [6.07, 6.45) is 3.25. The molecule has 0 heterocycles. The predicted molar refractivity (Wildman–Crippen MR) is 54.1 cm³/mol. The van der Waals surface area contributed by atoms with Gasteiger partial charge in [0.15, 0.2) is 0 Å². The van der Waals surface area contributed by atoms with E-state index < -0.39 is 5.60 Å². The van der Waals surface area contributed by atoms with E-state index in [1.54, 1.807) is 0 Å². The van der Waals surface area contributed by atoms with E-state index >= 15 is 0 Å². The van der Waals surface area contributed by atoms with Gasteiger partial charge in [0.2, 0.25) is 0 Å². The monoisotopic (exact) mass is 190 g/mol. The van der Waals surface area contributed by atoms with Gasteiger partial charge in [-0.3, -0.25) is 0 Å². The predicted octanol–water partition coefficient (Wildman–Crippen LogP) is 1.50. The molecule has 14 heavy (non-hydrogen) atoms. The molecule has 2 heteroatoms. The number of hydrogen-bond acceptors (Lipinski definition) is 2. The molecule has 2 nitrogen and oxygen atoms in total. The summed E-state index contributed by atoms with van der Waals surface area (Å²) in [6.45, 7) is 0. The van der Waals surface area contributed by atoms with Crippen LogP contribution in [0.25, 0.3) is 0 Å².